The summed E-state index contributed by atoms with van der Waals surface area (Å²) in [5.41, 5.74) is 0. The van der Waals surface area contributed by atoms with E-state index in [-0.39, 0.29) is 23.4 Å². The first kappa shape index (κ1) is 13.3. The van der Waals surface area contributed by atoms with E-state index >= 15 is 0 Å². The zero-order chi connectivity index (χ0) is 11.3. The summed E-state index contributed by atoms with van der Waals surface area (Å²) in [6.45, 7) is 9.48. The van der Waals surface area contributed by atoms with Crippen LogP contribution >= 0.6 is 0 Å². The predicted molar refractivity (Wildman–Crippen MR) is 58.1 cm³/mol. The summed E-state index contributed by atoms with van der Waals surface area (Å²) in [6.07, 6.45) is 1.28. The van der Waals surface area contributed by atoms with E-state index in [1.54, 1.807) is 6.92 Å². The van der Waals surface area contributed by atoms with Gasteiger partial charge in [0.15, 0.2) is 0 Å². The molecule has 0 aromatic carbocycles. The van der Waals surface area contributed by atoms with Crippen LogP contribution in [-0.2, 0) is 9.59 Å². The predicted octanol–water partition coefficient (Wildman–Crippen LogP) is 2.85. The molecule has 0 N–H and O–H groups in total. The fraction of sp³-hybridized carbons (Fsp3) is 0.833. The number of hydrogen-bond donors (Lipinski definition) is 0. The third kappa shape index (κ3) is 4.03. The van der Waals surface area contributed by atoms with E-state index in [0.717, 1.165) is 0 Å². The van der Waals surface area contributed by atoms with Gasteiger partial charge in [-0.25, -0.2) is 0 Å². The Morgan fingerprint density at radius 1 is 1.14 bits per heavy atom. The fourth-order valence-corrected chi connectivity index (χ4v) is 1.58. The van der Waals surface area contributed by atoms with Crippen LogP contribution in [0.2, 0.25) is 0 Å². The maximum atomic E-state index is 11.6. The normalized spacial score (nSPS) is 15.3. The number of hydrogen-bond acceptors (Lipinski definition) is 2. The molecule has 0 aliphatic rings. The molecule has 0 radical (unpaired) electrons. The molecule has 0 bridgehead atoms. The van der Waals surface area contributed by atoms with Crippen LogP contribution in [0.4, 0.5) is 0 Å². The molecule has 0 aliphatic heterocycles. The van der Waals surface area contributed by atoms with Crippen molar-refractivity contribution in [3.63, 3.8) is 0 Å². The van der Waals surface area contributed by atoms with Gasteiger partial charge in [-0.2, -0.15) is 0 Å². The minimum atomic E-state index is 0.0119. The van der Waals surface area contributed by atoms with Crippen molar-refractivity contribution in [1.29, 1.82) is 0 Å². The third-order valence-electron chi connectivity index (χ3n) is 2.87. The van der Waals surface area contributed by atoms with E-state index < -0.39 is 0 Å². The summed E-state index contributed by atoms with van der Waals surface area (Å²) in [7, 11) is 0. The molecule has 0 rings (SSSR count). The molecule has 14 heavy (non-hydrogen) atoms. The van der Waals surface area contributed by atoms with Crippen LogP contribution in [0, 0.1) is 17.8 Å². The van der Waals surface area contributed by atoms with Gasteiger partial charge in [-0.15, -0.1) is 0 Å². The molecule has 0 fully saturated rings. The van der Waals surface area contributed by atoms with Gasteiger partial charge in [0.1, 0.15) is 11.6 Å². The van der Waals surface area contributed by atoms with Crippen molar-refractivity contribution in [3.05, 3.63) is 0 Å². The SMILES string of the molecule is CCC(=O)C(CC(C)C(C)=O)C(C)C. The molecular formula is C12H22O2. The number of carbonyl (C=O) groups excluding carboxylic acids is 2. The van der Waals surface area contributed by atoms with Gasteiger partial charge in [-0.1, -0.05) is 27.7 Å². The van der Waals surface area contributed by atoms with E-state index in [9.17, 15) is 9.59 Å². The van der Waals surface area contributed by atoms with Crippen LogP contribution in [0.5, 0.6) is 0 Å². The second-order valence-electron chi connectivity index (χ2n) is 4.42. The number of rotatable bonds is 6. The van der Waals surface area contributed by atoms with E-state index in [1.807, 2.05) is 27.7 Å². The molecule has 0 amide bonds. The first-order chi connectivity index (χ1) is 6.40. The fourth-order valence-electron chi connectivity index (χ4n) is 1.58. The average Bonchev–Trinajstić information content (AvgIpc) is 2.11. The lowest BCUT2D eigenvalue weighted by atomic mass is 9.82. The van der Waals surface area contributed by atoms with Crippen molar-refractivity contribution in [3.8, 4) is 0 Å². The van der Waals surface area contributed by atoms with Gasteiger partial charge in [-0.3, -0.25) is 9.59 Å². The molecule has 0 aromatic rings. The highest BCUT2D eigenvalue weighted by Gasteiger charge is 2.24. The van der Waals surface area contributed by atoms with Crippen molar-refractivity contribution in [2.45, 2.75) is 47.5 Å². The molecule has 0 heterocycles. The summed E-state index contributed by atoms with van der Waals surface area (Å²) in [5, 5.41) is 0. The average molecular weight is 198 g/mol. The molecule has 0 spiro atoms. The number of Topliss-reactive ketones (excluding diaryl/α,β-unsaturated/α-hetero) is 2. The minimum Gasteiger partial charge on any atom is -0.300 e. The Kier molecular flexibility index (Phi) is 5.66. The molecular weight excluding hydrogens is 176 g/mol. The van der Waals surface area contributed by atoms with Gasteiger partial charge < -0.3 is 0 Å². The quantitative estimate of drug-likeness (QED) is 0.657. The molecule has 0 aromatic heterocycles. The zero-order valence-corrected chi connectivity index (χ0v) is 9.96. The molecule has 0 saturated carbocycles. The van der Waals surface area contributed by atoms with Crippen molar-refractivity contribution < 1.29 is 9.59 Å². The van der Waals surface area contributed by atoms with Crippen LogP contribution in [0.15, 0.2) is 0 Å². The highest BCUT2D eigenvalue weighted by Crippen LogP contribution is 2.22. The van der Waals surface area contributed by atoms with Gasteiger partial charge in [0.05, 0.1) is 0 Å². The standard InChI is InChI=1S/C12H22O2/c1-6-12(14)11(8(2)3)7-9(4)10(5)13/h8-9,11H,6-7H2,1-5H3. The molecule has 2 nitrogen and oxygen atoms in total. The van der Waals surface area contributed by atoms with Crippen LogP contribution < -0.4 is 0 Å². The maximum Gasteiger partial charge on any atom is 0.135 e. The Bertz CT molecular complexity index is 206. The van der Waals surface area contributed by atoms with Crippen LogP contribution in [-0.4, -0.2) is 11.6 Å². The zero-order valence-electron chi connectivity index (χ0n) is 9.96. The van der Waals surface area contributed by atoms with Gasteiger partial charge in [-0.05, 0) is 19.3 Å². The summed E-state index contributed by atoms with van der Waals surface area (Å²) in [4.78, 5) is 22.7. The number of carbonyl (C=O) groups is 2. The highest BCUT2D eigenvalue weighted by molar-refractivity contribution is 5.83. The van der Waals surface area contributed by atoms with Gasteiger partial charge in [0, 0.05) is 18.3 Å². The Labute approximate surface area is 87.1 Å². The summed E-state index contributed by atoms with van der Waals surface area (Å²) in [5.74, 6) is 0.869. The lowest BCUT2D eigenvalue weighted by molar-refractivity contribution is -0.125. The van der Waals surface area contributed by atoms with Crippen LogP contribution in [0.3, 0.4) is 0 Å². The van der Waals surface area contributed by atoms with Crippen molar-refractivity contribution in [2.75, 3.05) is 0 Å². The Hall–Kier alpha value is -0.660. The minimum absolute atomic E-state index is 0.0119. The molecule has 2 atom stereocenters. The van der Waals surface area contributed by atoms with Crippen molar-refractivity contribution >= 4 is 11.6 Å². The molecule has 0 aliphatic carbocycles. The first-order valence-corrected chi connectivity index (χ1v) is 5.43. The van der Waals surface area contributed by atoms with Gasteiger partial charge in [0.2, 0.25) is 0 Å². The van der Waals surface area contributed by atoms with E-state index in [2.05, 4.69) is 0 Å². The Morgan fingerprint density at radius 2 is 1.64 bits per heavy atom. The van der Waals surface area contributed by atoms with Crippen LogP contribution in [0.1, 0.15) is 47.5 Å². The molecule has 2 unspecified atom stereocenters. The lowest BCUT2D eigenvalue weighted by Gasteiger charge is -2.21. The second-order valence-corrected chi connectivity index (χ2v) is 4.42. The molecule has 0 saturated heterocycles. The van der Waals surface area contributed by atoms with Gasteiger partial charge >= 0.3 is 0 Å². The Balaban J connectivity index is 4.38. The van der Waals surface area contributed by atoms with E-state index in [4.69, 9.17) is 0 Å². The van der Waals surface area contributed by atoms with Crippen molar-refractivity contribution in [1.82, 2.24) is 0 Å². The molecule has 2 heteroatoms. The van der Waals surface area contributed by atoms with Gasteiger partial charge in [0.25, 0.3) is 0 Å². The van der Waals surface area contributed by atoms with E-state index in [0.29, 0.717) is 18.8 Å². The molecule has 82 valence electrons. The van der Waals surface area contributed by atoms with E-state index in [1.165, 1.54) is 0 Å². The largest absolute Gasteiger partial charge is 0.300 e. The third-order valence-corrected chi connectivity index (χ3v) is 2.87. The number of ketones is 2. The smallest absolute Gasteiger partial charge is 0.135 e. The summed E-state index contributed by atoms with van der Waals surface area (Å²) < 4.78 is 0. The first-order valence-electron chi connectivity index (χ1n) is 5.43. The maximum absolute atomic E-state index is 11.6. The lowest BCUT2D eigenvalue weighted by Crippen LogP contribution is -2.24. The van der Waals surface area contributed by atoms with Crippen LogP contribution in [0.25, 0.3) is 0 Å². The summed E-state index contributed by atoms with van der Waals surface area (Å²) >= 11 is 0. The Morgan fingerprint density at radius 3 is 1.93 bits per heavy atom. The monoisotopic (exact) mass is 198 g/mol. The topological polar surface area (TPSA) is 34.1 Å². The highest BCUT2D eigenvalue weighted by atomic mass is 16.1. The van der Waals surface area contributed by atoms with Crippen molar-refractivity contribution in [2.24, 2.45) is 17.8 Å². The second kappa shape index (κ2) is 5.94. The summed E-state index contributed by atoms with van der Waals surface area (Å²) in [6, 6.07) is 0.